The normalized spacial score (nSPS) is 30.5. The maximum absolute atomic E-state index is 11.5. The Bertz CT molecular complexity index is 307. The zero-order valence-electron chi connectivity index (χ0n) is 12.0. The van der Waals surface area contributed by atoms with Crippen molar-refractivity contribution in [2.24, 2.45) is 10.8 Å². The molecule has 3 nitrogen and oxygen atoms in total. The molecule has 0 aromatic carbocycles. The maximum atomic E-state index is 11.5. The zero-order chi connectivity index (χ0) is 13.2. The number of aldehydes is 1. The highest BCUT2D eigenvalue weighted by atomic mass is 16.5. The van der Waals surface area contributed by atoms with Crippen LogP contribution in [-0.2, 0) is 9.53 Å². The molecular formula is C16H27NO2. The summed E-state index contributed by atoms with van der Waals surface area (Å²) >= 11 is 0. The molecule has 0 amide bonds. The maximum Gasteiger partial charge on any atom is 0.127 e. The summed E-state index contributed by atoms with van der Waals surface area (Å²) in [4.78, 5) is 14.1. The average molecular weight is 265 g/mol. The van der Waals surface area contributed by atoms with E-state index >= 15 is 0 Å². The largest absolute Gasteiger partial charge is 0.381 e. The summed E-state index contributed by atoms with van der Waals surface area (Å²) in [6, 6.07) is 0. The first-order chi connectivity index (χ1) is 9.26. The molecule has 0 radical (unpaired) electrons. The van der Waals surface area contributed by atoms with Crippen LogP contribution in [0.1, 0.15) is 51.4 Å². The predicted octanol–water partition coefficient (Wildman–Crippen LogP) is 2.64. The molecular weight excluding hydrogens is 238 g/mol. The molecule has 3 fully saturated rings. The average Bonchev–Trinajstić information content (AvgIpc) is 2.91. The van der Waals surface area contributed by atoms with E-state index in [2.05, 4.69) is 4.90 Å². The lowest BCUT2D eigenvalue weighted by molar-refractivity contribution is -0.123. The second kappa shape index (κ2) is 5.53. The third-order valence-corrected chi connectivity index (χ3v) is 5.86. The number of rotatable bonds is 3. The summed E-state index contributed by atoms with van der Waals surface area (Å²) in [7, 11) is 0. The van der Waals surface area contributed by atoms with Crippen LogP contribution in [-0.4, -0.2) is 44.0 Å². The van der Waals surface area contributed by atoms with E-state index in [0.717, 1.165) is 32.6 Å². The molecule has 2 saturated heterocycles. The van der Waals surface area contributed by atoms with Crippen molar-refractivity contribution in [3.8, 4) is 0 Å². The quantitative estimate of drug-likeness (QED) is 0.735. The van der Waals surface area contributed by atoms with Crippen LogP contribution in [0.5, 0.6) is 0 Å². The predicted molar refractivity (Wildman–Crippen MR) is 75.1 cm³/mol. The second-order valence-corrected chi connectivity index (χ2v) is 7.08. The van der Waals surface area contributed by atoms with Crippen LogP contribution in [0.3, 0.4) is 0 Å². The molecule has 19 heavy (non-hydrogen) atoms. The molecule has 3 aliphatic rings. The van der Waals surface area contributed by atoms with Crippen LogP contribution in [0.25, 0.3) is 0 Å². The third kappa shape index (κ3) is 2.87. The molecule has 0 N–H and O–H groups in total. The lowest BCUT2D eigenvalue weighted by Crippen LogP contribution is -2.47. The molecule has 0 atom stereocenters. The van der Waals surface area contributed by atoms with Gasteiger partial charge in [-0.1, -0.05) is 12.8 Å². The summed E-state index contributed by atoms with van der Waals surface area (Å²) in [6.45, 7) is 4.90. The fraction of sp³-hybridized carbons (Fsp3) is 0.938. The third-order valence-electron chi connectivity index (χ3n) is 5.86. The summed E-state index contributed by atoms with van der Waals surface area (Å²) in [6.07, 6.45) is 11.6. The van der Waals surface area contributed by atoms with Gasteiger partial charge in [0.05, 0.1) is 0 Å². The molecule has 1 saturated carbocycles. The molecule has 0 aromatic rings. The molecule has 1 aliphatic carbocycles. The number of carbonyl (C=O) groups excluding carboxylic acids is 1. The van der Waals surface area contributed by atoms with Crippen LogP contribution in [0.15, 0.2) is 0 Å². The lowest BCUT2D eigenvalue weighted by atomic mass is 9.75. The van der Waals surface area contributed by atoms with Gasteiger partial charge < -0.3 is 14.4 Å². The van der Waals surface area contributed by atoms with Gasteiger partial charge in [0, 0.05) is 25.2 Å². The minimum atomic E-state index is -0.113. The monoisotopic (exact) mass is 265 g/mol. The highest BCUT2D eigenvalue weighted by Crippen LogP contribution is 2.46. The van der Waals surface area contributed by atoms with Gasteiger partial charge in [0.25, 0.3) is 0 Å². The summed E-state index contributed by atoms with van der Waals surface area (Å²) in [5.41, 5.74) is 0.568. The fourth-order valence-corrected chi connectivity index (χ4v) is 4.35. The minimum absolute atomic E-state index is 0.113. The van der Waals surface area contributed by atoms with E-state index in [4.69, 9.17) is 4.74 Å². The van der Waals surface area contributed by atoms with Gasteiger partial charge in [0.1, 0.15) is 6.29 Å². The molecule has 3 rings (SSSR count). The van der Waals surface area contributed by atoms with Crippen molar-refractivity contribution < 1.29 is 9.53 Å². The molecule has 1 spiro atoms. The zero-order valence-corrected chi connectivity index (χ0v) is 12.0. The molecule has 3 heteroatoms. The van der Waals surface area contributed by atoms with Crippen molar-refractivity contribution >= 4 is 6.29 Å². The smallest absolute Gasteiger partial charge is 0.127 e. The van der Waals surface area contributed by atoms with Crippen LogP contribution in [0.4, 0.5) is 0 Å². The number of hydrogen-bond acceptors (Lipinski definition) is 3. The van der Waals surface area contributed by atoms with E-state index in [0.29, 0.717) is 5.41 Å². The lowest BCUT2D eigenvalue weighted by Gasteiger charge is -2.43. The van der Waals surface area contributed by atoms with E-state index in [1.54, 1.807) is 0 Å². The second-order valence-electron chi connectivity index (χ2n) is 7.08. The van der Waals surface area contributed by atoms with Crippen LogP contribution in [0.2, 0.25) is 0 Å². The molecule has 0 bridgehead atoms. The van der Waals surface area contributed by atoms with Gasteiger partial charge >= 0.3 is 0 Å². The van der Waals surface area contributed by atoms with E-state index in [1.807, 2.05) is 0 Å². The Morgan fingerprint density at radius 1 is 0.947 bits per heavy atom. The summed E-state index contributed by atoms with van der Waals surface area (Å²) in [5.74, 6) is 0. The highest BCUT2D eigenvalue weighted by molar-refractivity contribution is 5.60. The fourth-order valence-electron chi connectivity index (χ4n) is 4.35. The van der Waals surface area contributed by atoms with Crippen molar-refractivity contribution in [3.05, 3.63) is 0 Å². The van der Waals surface area contributed by atoms with Crippen molar-refractivity contribution in [2.75, 3.05) is 32.8 Å². The number of piperidine rings is 1. The number of likely N-dealkylation sites (tertiary alicyclic amines) is 1. The number of nitrogens with zero attached hydrogens (tertiary/aromatic N) is 1. The van der Waals surface area contributed by atoms with Crippen LogP contribution < -0.4 is 0 Å². The number of hydrogen-bond donors (Lipinski definition) is 0. The number of ether oxygens (including phenoxy) is 1. The van der Waals surface area contributed by atoms with Crippen LogP contribution >= 0.6 is 0 Å². The van der Waals surface area contributed by atoms with Gasteiger partial charge in [-0.15, -0.1) is 0 Å². The van der Waals surface area contributed by atoms with Crippen molar-refractivity contribution in [1.82, 2.24) is 4.90 Å². The summed E-state index contributed by atoms with van der Waals surface area (Å²) < 4.78 is 5.41. The Hall–Kier alpha value is -0.410. The van der Waals surface area contributed by atoms with Gasteiger partial charge in [-0.25, -0.2) is 0 Å². The Morgan fingerprint density at radius 3 is 2.16 bits per heavy atom. The first kappa shape index (κ1) is 13.6. The Balaban J connectivity index is 1.54. The Labute approximate surface area is 116 Å². The standard InChI is InChI=1S/C16H27NO2/c18-14-16(7-11-19-12-8-16)13-17-9-5-15(6-10-17)3-1-2-4-15/h14H,1-13H2. The molecule has 0 aromatic heterocycles. The Morgan fingerprint density at radius 2 is 1.58 bits per heavy atom. The first-order valence-electron chi connectivity index (χ1n) is 8.03. The summed E-state index contributed by atoms with van der Waals surface area (Å²) in [5, 5.41) is 0. The SMILES string of the molecule is O=CC1(CN2CCC3(CCCC3)CC2)CCOCC1. The Kier molecular flexibility index (Phi) is 3.95. The molecule has 2 heterocycles. The molecule has 2 aliphatic heterocycles. The minimum Gasteiger partial charge on any atom is -0.381 e. The van der Waals surface area contributed by atoms with E-state index < -0.39 is 0 Å². The van der Waals surface area contributed by atoms with E-state index in [9.17, 15) is 4.79 Å². The molecule has 108 valence electrons. The first-order valence-corrected chi connectivity index (χ1v) is 8.03. The molecule has 0 unspecified atom stereocenters. The highest BCUT2D eigenvalue weighted by Gasteiger charge is 2.40. The topological polar surface area (TPSA) is 29.5 Å². The number of carbonyl (C=O) groups is 1. The van der Waals surface area contributed by atoms with Crippen molar-refractivity contribution in [1.29, 1.82) is 0 Å². The van der Waals surface area contributed by atoms with E-state index in [-0.39, 0.29) is 5.41 Å². The van der Waals surface area contributed by atoms with Crippen LogP contribution in [0, 0.1) is 10.8 Å². The van der Waals surface area contributed by atoms with E-state index in [1.165, 1.54) is 57.9 Å². The van der Waals surface area contributed by atoms with Gasteiger partial charge in [-0.3, -0.25) is 0 Å². The van der Waals surface area contributed by atoms with Crippen molar-refractivity contribution in [2.45, 2.75) is 51.4 Å². The van der Waals surface area contributed by atoms with Crippen molar-refractivity contribution in [3.63, 3.8) is 0 Å². The van der Waals surface area contributed by atoms with Gasteiger partial charge in [0.15, 0.2) is 0 Å². The van der Waals surface area contributed by atoms with Gasteiger partial charge in [-0.2, -0.15) is 0 Å². The van der Waals surface area contributed by atoms with Gasteiger partial charge in [0.2, 0.25) is 0 Å². The van der Waals surface area contributed by atoms with Gasteiger partial charge in [-0.05, 0) is 57.0 Å².